The van der Waals surface area contributed by atoms with E-state index in [0.717, 1.165) is 25.7 Å². The van der Waals surface area contributed by atoms with Crippen molar-refractivity contribution in [1.29, 1.82) is 0 Å². The van der Waals surface area contributed by atoms with Crippen molar-refractivity contribution in [3.63, 3.8) is 0 Å². The molecule has 0 saturated heterocycles. The lowest BCUT2D eigenvalue weighted by molar-refractivity contribution is -0.385. The van der Waals surface area contributed by atoms with Crippen LogP contribution in [0.5, 0.6) is 0 Å². The van der Waals surface area contributed by atoms with E-state index in [-0.39, 0.29) is 5.69 Å². The van der Waals surface area contributed by atoms with Crippen LogP contribution in [0.4, 0.5) is 5.69 Å². The molecule has 0 aromatic carbocycles. The summed E-state index contributed by atoms with van der Waals surface area (Å²) in [6.07, 6.45) is 5.89. The summed E-state index contributed by atoms with van der Waals surface area (Å²) in [5.41, 5.74) is -0.793. The second kappa shape index (κ2) is 10.7. The molecule has 9 heteroatoms. The molecular weight excluding hydrogens is 324 g/mol. The Kier molecular flexibility index (Phi) is 8.90. The Morgan fingerprint density at radius 3 is 2.56 bits per heavy atom. The van der Waals surface area contributed by atoms with E-state index >= 15 is 0 Å². The molecule has 0 fully saturated rings. The topological polar surface area (TPSA) is 118 Å². The molecule has 1 aromatic rings. The molecule has 0 saturated carbocycles. The Hall–Kier alpha value is -2.16. The molecule has 0 bridgehead atoms. The number of aliphatic imine (C=N–C) groups is 1. The fourth-order valence-corrected chi connectivity index (χ4v) is 2.64. The first-order valence-corrected chi connectivity index (χ1v) is 8.85. The van der Waals surface area contributed by atoms with E-state index < -0.39 is 10.5 Å². The molecule has 0 unspecified atom stereocenters. The van der Waals surface area contributed by atoms with Crippen molar-refractivity contribution in [3.05, 3.63) is 22.5 Å². The second-order valence-corrected chi connectivity index (χ2v) is 6.06. The quantitative estimate of drug-likeness (QED) is 0.241. The van der Waals surface area contributed by atoms with Gasteiger partial charge in [0, 0.05) is 13.1 Å². The summed E-state index contributed by atoms with van der Waals surface area (Å²) >= 11 is 0. The summed E-state index contributed by atoms with van der Waals surface area (Å²) in [6.45, 7) is 8.12. The van der Waals surface area contributed by atoms with Crippen LogP contribution >= 0.6 is 0 Å². The van der Waals surface area contributed by atoms with Crippen molar-refractivity contribution in [1.82, 2.24) is 20.4 Å². The van der Waals surface area contributed by atoms with Crippen LogP contribution in [0.1, 0.15) is 46.5 Å². The molecule has 142 valence electrons. The lowest BCUT2D eigenvalue weighted by Crippen LogP contribution is -2.41. The van der Waals surface area contributed by atoms with Gasteiger partial charge in [0.2, 0.25) is 0 Å². The number of aromatic nitrogens is 2. The maximum atomic E-state index is 10.7. The standard InChI is InChI=1S/C16H30N6O3/c1-4-7-16(23,8-5-2)13-19-15(17-6-3)18-9-10-21-12-14(11-20-21)22(24)25/h11-12,23H,4-10,13H2,1-3H3,(H2,17,18,19). The molecule has 0 spiro atoms. The van der Waals surface area contributed by atoms with Gasteiger partial charge >= 0.3 is 5.69 Å². The Morgan fingerprint density at radius 1 is 1.36 bits per heavy atom. The molecule has 1 aromatic heterocycles. The fraction of sp³-hybridized carbons (Fsp3) is 0.750. The molecule has 25 heavy (non-hydrogen) atoms. The van der Waals surface area contributed by atoms with Gasteiger partial charge in [-0.2, -0.15) is 5.10 Å². The second-order valence-electron chi connectivity index (χ2n) is 6.06. The van der Waals surface area contributed by atoms with Crippen LogP contribution in [0.15, 0.2) is 17.4 Å². The van der Waals surface area contributed by atoms with Crippen LogP contribution in [0.3, 0.4) is 0 Å². The number of rotatable bonds is 11. The van der Waals surface area contributed by atoms with E-state index in [0.29, 0.717) is 32.1 Å². The zero-order valence-corrected chi connectivity index (χ0v) is 15.4. The molecule has 0 radical (unpaired) electrons. The number of hydrogen-bond donors (Lipinski definition) is 3. The summed E-state index contributed by atoms with van der Waals surface area (Å²) in [5.74, 6) is 0.620. The number of nitro groups is 1. The molecule has 1 heterocycles. The normalized spacial score (nSPS) is 12.2. The van der Waals surface area contributed by atoms with Crippen LogP contribution in [0, 0.1) is 10.1 Å². The van der Waals surface area contributed by atoms with E-state index in [4.69, 9.17) is 0 Å². The Labute approximate surface area is 148 Å². The minimum atomic E-state index is -0.769. The van der Waals surface area contributed by atoms with Crippen molar-refractivity contribution >= 4 is 11.6 Å². The summed E-state index contributed by atoms with van der Waals surface area (Å²) < 4.78 is 1.51. The SMILES string of the molecule is CCCC(O)(CCC)CN=C(NCC)NCCn1cc([N+](=O)[O-])cn1. The first-order valence-electron chi connectivity index (χ1n) is 8.85. The number of aliphatic hydroxyl groups is 1. The molecule has 0 aliphatic carbocycles. The summed E-state index contributed by atoms with van der Waals surface area (Å²) in [5, 5.41) is 31.5. The van der Waals surface area contributed by atoms with Gasteiger partial charge in [-0.25, -0.2) is 0 Å². The zero-order chi connectivity index (χ0) is 18.7. The van der Waals surface area contributed by atoms with Crippen molar-refractivity contribution < 1.29 is 10.0 Å². The fourth-order valence-electron chi connectivity index (χ4n) is 2.64. The maximum absolute atomic E-state index is 10.7. The van der Waals surface area contributed by atoms with E-state index in [2.05, 4.69) is 34.6 Å². The highest BCUT2D eigenvalue weighted by Crippen LogP contribution is 2.19. The minimum absolute atomic E-state index is 0.0234. The third kappa shape index (κ3) is 7.51. The predicted octanol–water partition coefficient (Wildman–Crippen LogP) is 1.68. The van der Waals surface area contributed by atoms with Crippen LogP contribution in [-0.2, 0) is 6.54 Å². The monoisotopic (exact) mass is 354 g/mol. The van der Waals surface area contributed by atoms with E-state index in [1.165, 1.54) is 17.1 Å². The largest absolute Gasteiger partial charge is 0.388 e. The third-order valence-electron chi connectivity index (χ3n) is 3.77. The average Bonchev–Trinajstić information content (AvgIpc) is 3.02. The number of guanidine groups is 1. The lowest BCUT2D eigenvalue weighted by atomic mass is 9.93. The Balaban J connectivity index is 2.58. The lowest BCUT2D eigenvalue weighted by Gasteiger charge is -2.26. The van der Waals surface area contributed by atoms with E-state index in [1.54, 1.807) is 0 Å². The highest BCUT2D eigenvalue weighted by atomic mass is 16.6. The van der Waals surface area contributed by atoms with Crippen LogP contribution in [0.25, 0.3) is 0 Å². The number of hydrogen-bond acceptors (Lipinski definition) is 5. The molecule has 9 nitrogen and oxygen atoms in total. The van der Waals surface area contributed by atoms with Gasteiger partial charge in [-0.3, -0.25) is 19.8 Å². The maximum Gasteiger partial charge on any atom is 0.306 e. The number of nitrogens with zero attached hydrogens (tertiary/aromatic N) is 4. The molecule has 0 aliphatic rings. The predicted molar refractivity (Wildman–Crippen MR) is 97.6 cm³/mol. The molecular formula is C16H30N6O3. The van der Waals surface area contributed by atoms with Crippen molar-refractivity contribution in [2.24, 2.45) is 4.99 Å². The third-order valence-corrected chi connectivity index (χ3v) is 3.77. The van der Waals surface area contributed by atoms with Gasteiger partial charge in [0.05, 0.1) is 23.6 Å². The molecule has 0 atom stereocenters. The summed E-state index contributed by atoms with van der Waals surface area (Å²) in [7, 11) is 0. The average molecular weight is 354 g/mol. The van der Waals surface area contributed by atoms with Crippen molar-refractivity contribution in [2.45, 2.75) is 58.6 Å². The highest BCUT2D eigenvalue weighted by Gasteiger charge is 2.24. The molecule has 3 N–H and O–H groups in total. The molecule has 0 aliphatic heterocycles. The number of nitrogens with one attached hydrogen (secondary N) is 2. The van der Waals surface area contributed by atoms with E-state index in [1.807, 2.05) is 6.92 Å². The van der Waals surface area contributed by atoms with Gasteiger partial charge in [0.15, 0.2) is 5.96 Å². The Morgan fingerprint density at radius 2 is 2.04 bits per heavy atom. The summed E-state index contributed by atoms with van der Waals surface area (Å²) in [4.78, 5) is 14.7. The Bertz CT molecular complexity index is 552. The molecule has 0 amide bonds. The van der Waals surface area contributed by atoms with Gasteiger partial charge in [-0.05, 0) is 19.8 Å². The van der Waals surface area contributed by atoms with Crippen molar-refractivity contribution in [2.75, 3.05) is 19.6 Å². The van der Waals surface area contributed by atoms with Crippen LogP contribution < -0.4 is 10.6 Å². The first kappa shape index (κ1) is 20.9. The van der Waals surface area contributed by atoms with Gasteiger partial charge in [-0.1, -0.05) is 26.7 Å². The molecule has 1 rings (SSSR count). The van der Waals surface area contributed by atoms with E-state index in [9.17, 15) is 15.2 Å². The zero-order valence-electron chi connectivity index (χ0n) is 15.4. The van der Waals surface area contributed by atoms with Gasteiger partial charge < -0.3 is 15.7 Å². The highest BCUT2D eigenvalue weighted by molar-refractivity contribution is 5.79. The smallest absolute Gasteiger partial charge is 0.306 e. The van der Waals surface area contributed by atoms with Crippen LogP contribution in [0.2, 0.25) is 0 Å². The van der Waals surface area contributed by atoms with Crippen molar-refractivity contribution in [3.8, 4) is 0 Å². The van der Waals surface area contributed by atoms with Crippen LogP contribution in [-0.4, -0.2) is 51.0 Å². The van der Waals surface area contributed by atoms with Gasteiger partial charge in [0.1, 0.15) is 12.4 Å². The van der Waals surface area contributed by atoms with Gasteiger partial charge in [0.25, 0.3) is 0 Å². The summed E-state index contributed by atoms with van der Waals surface area (Å²) in [6, 6.07) is 0. The van der Waals surface area contributed by atoms with Gasteiger partial charge in [-0.15, -0.1) is 0 Å². The minimum Gasteiger partial charge on any atom is -0.388 e. The first-order chi connectivity index (χ1) is 11.9.